The van der Waals surface area contributed by atoms with Gasteiger partial charge in [-0.25, -0.2) is 0 Å². The maximum absolute atomic E-state index is 12.1. The molecular formula is C26H46O6. The van der Waals surface area contributed by atoms with Crippen LogP contribution in [-0.4, -0.2) is 46.6 Å². The lowest BCUT2D eigenvalue weighted by molar-refractivity contribution is -0.150. The van der Waals surface area contributed by atoms with Gasteiger partial charge in [-0.15, -0.1) is 0 Å². The van der Waals surface area contributed by atoms with Crippen LogP contribution in [0.4, 0.5) is 0 Å². The van der Waals surface area contributed by atoms with E-state index in [0.717, 1.165) is 103 Å². The quantitative estimate of drug-likeness (QED) is 0.155. The van der Waals surface area contributed by atoms with Crippen LogP contribution in [0, 0.1) is 5.41 Å². The monoisotopic (exact) mass is 454 g/mol. The van der Waals surface area contributed by atoms with Gasteiger partial charge < -0.3 is 19.7 Å². The summed E-state index contributed by atoms with van der Waals surface area (Å²) in [7, 11) is 0. The van der Waals surface area contributed by atoms with Crippen LogP contribution in [0.5, 0.6) is 0 Å². The molecule has 0 aromatic rings. The van der Waals surface area contributed by atoms with Crippen molar-refractivity contribution >= 4 is 11.9 Å². The summed E-state index contributed by atoms with van der Waals surface area (Å²) in [5.41, 5.74) is -0.526. The first-order valence-electron chi connectivity index (χ1n) is 13.2. The molecule has 2 N–H and O–H groups in total. The zero-order valence-corrected chi connectivity index (χ0v) is 20.4. The van der Waals surface area contributed by atoms with Gasteiger partial charge in [-0.05, 0) is 51.4 Å². The Bertz CT molecular complexity index is 555. The molecule has 0 aliphatic carbocycles. The van der Waals surface area contributed by atoms with E-state index in [1.807, 2.05) is 0 Å². The van der Waals surface area contributed by atoms with Gasteiger partial charge in [-0.2, -0.15) is 0 Å². The molecule has 2 saturated heterocycles. The summed E-state index contributed by atoms with van der Waals surface area (Å²) < 4.78 is 11.6. The van der Waals surface area contributed by atoms with Crippen molar-refractivity contribution in [3.05, 3.63) is 0 Å². The van der Waals surface area contributed by atoms with Gasteiger partial charge in [0.2, 0.25) is 0 Å². The Morgan fingerprint density at radius 2 is 1.12 bits per heavy atom. The van der Waals surface area contributed by atoms with Crippen LogP contribution in [0.25, 0.3) is 0 Å². The smallest absolute Gasteiger partial charge is 0.309 e. The number of carboxylic acid groups (broad SMARTS) is 2. The summed E-state index contributed by atoms with van der Waals surface area (Å²) in [6.07, 6.45) is 17.2. The van der Waals surface area contributed by atoms with Gasteiger partial charge in [0.15, 0.2) is 0 Å². The van der Waals surface area contributed by atoms with Crippen molar-refractivity contribution in [2.45, 2.75) is 147 Å². The van der Waals surface area contributed by atoms with Gasteiger partial charge in [-0.3, -0.25) is 9.59 Å². The number of rotatable bonds is 21. The largest absolute Gasteiger partial charge is 0.481 e. The van der Waals surface area contributed by atoms with Gasteiger partial charge in [0.25, 0.3) is 0 Å². The maximum atomic E-state index is 12.1. The molecule has 0 spiro atoms. The minimum Gasteiger partial charge on any atom is -0.481 e. The zero-order chi connectivity index (χ0) is 23.4. The van der Waals surface area contributed by atoms with Gasteiger partial charge >= 0.3 is 11.9 Å². The minimum atomic E-state index is -0.710. The first kappa shape index (κ1) is 27.1. The third-order valence-electron chi connectivity index (χ3n) is 7.36. The number of ether oxygens (including phenoxy) is 2. The molecule has 0 aromatic heterocycles. The Balaban J connectivity index is 1.53. The highest BCUT2D eigenvalue weighted by Gasteiger charge is 2.43. The first-order chi connectivity index (χ1) is 15.4. The minimum absolute atomic E-state index is 0.268. The summed E-state index contributed by atoms with van der Waals surface area (Å²) in [6, 6.07) is 0. The lowest BCUT2D eigenvalue weighted by atomic mass is 9.74. The number of aliphatic carboxylic acids is 2. The summed E-state index contributed by atoms with van der Waals surface area (Å²) in [6.45, 7) is 4.27. The van der Waals surface area contributed by atoms with Crippen molar-refractivity contribution in [3.63, 3.8) is 0 Å². The molecule has 0 aromatic carbocycles. The molecule has 2 aliphatic rings. The highest BCUT2D eigenvalue weighted by atomic mass is 16.6. The second-order valence-electron chi connectivity index (χ2n) is 10.0. The highest BCUT2D eigenvalue weighted by Crippen LogP contribution is 2.39. The van der Waals surface area contributed by atoms with Crippen LogP contribution in [0.2, 0.25) is 0 Å². The summed E-state index contributed by atoms with van der Waals surface area (Å²) >= 11 is 0. The molecule has 0 radical (unpaired) electrons. The summed E-state index contributed by atoms with van der Waals surface area (Å²) in [5, 5.41) is 18.6. The third-order valence-corrected chi connectivity index (χ3v) is 7.36. The Labute approximate surface area is 194 Å². The van der Waals surface area contributed by atoms with Gasteiger partial charge in [0.05, 0.1) is 29.8 Å². The fourth-order valence-electron chi connectivity index (χ4n) is 5.04. The molecule has 0 amide bonds. The summed E-state index contributed by atoms with van der Waals surface area (Å²) in [5.74, 6) is -1.31. The van der Waals surface area contributed by atoms with Crippen LogP contribution >= 0.6 is 0 Å². The number of hydrogen-bond acceptors (Lipinski definition) is 4. The standard InChI is InChI=1S/C26H46O6/c1-3-5-17-26(25(29)30,18-6-4-2)19-11-10-13-21-23(32-21)16-15-22-20(31-22)12-8-7-9-14-24(27)28/h20-23H,3-19H2,1-2H3,(H,27,28)(H,29,30). The van der Waals surface area contributed by atoms with E-state index in [-0.39, 0.29) is 6.42 Å². The predicted octanol–water partition coefficient (Wildman–Crippen LogP) is 6.35. The molecule has 2 aliphatic heterocycles. The molecule has 4 unspecified atom stereocenters. The topological polar surface area (TPSA) is 99.7 Å². The molecular weight excluding hydrogens is 408 g/mol. The number of carboxylic acids is 2. The fourth-order valence-corrected chi connectivity index (χ4v) is 5.04. The molecule has 32 heavy (non-hydrogen) atoms. The van der Waals surface area contributed by atoms with Crippen LogP contribution in [-0.2, 0) is 19.1 Å². The molecule has 2 fully saturated rings. The highest BCUT2D eigenvalue weighted by molar-refractivity contribution is 5.74. The van der Waals surface area contributed by atoms with Crippen molar-refractivity contribution in [1.82, 2.24) is 0 Å². The third kappa shape index (κ3) is 9.78. The Morgan fingerprint density at radius 3 is 1.59 bits per heavy atom. The van der Waals surface area contributed by atoms with E-state index >= 15 is 0 Å². The second-order valence-corrected chi connectivity index (χ2v) is 10.0. The van der Waals surface area contributed by atoms with Crippen LogP contribution in [0.15, 0.2) is 0 Å². The number of carbonyl (C=O) groups is 2. The Hall–Kier alpha value is -1.14. The molecule has 0 saturated carbocycles. The first-order valence-corrected chi connectivity index (χ1v) is 13.2. The van der Waals surface area contributed by atoms with Crippen molar-refractivity contribution in [2.75, 3.05) is 0 Å². The van der Waals surface area contributed by atoms with Crippen LogP contribution in [0.1, 0.15) is 123 Å². The fraction of sp³-hybridized carbons (Fsp3) is 0.923. The predicted molar refractivity (Wildman–Crippen MR) is 125 cm³/mol. The van der Waals surface area contributed by atoms with Crippen LogP contribution < -0.4 is 0 Å². The lowest BCUT2D eigenvalue weighted by Crippen LogP contribution is -2.31. The molecule has 2 heterocycles. The average Bonchev–Trinajstić information content (AvgIpc) is 3.67. The molecule has 186 valence electrons. The SMILES string of the molecule is CCCCC(CCCC)(CCCCC1OC1CCC1OC1CCCCCC(=O)O)C(=O)O. The number of epoxide rings is 2. The van der Waals surface area contributed by atoms with E-state index in [1.54, 1.807) is 0 Å². The Morgan fingerprint density at radius 1 is 0.656 bits per heavy atom. The molecule has 0 bridgehead atoms. The summed E-state index contributed by atoms with van der Waals surface area (Å²) in [4.78, 5) is 22.6. The normalized spacial score (nSPS) is 24.4. The average molecular weight is 455 g/mol. The molecule has 4 atom stereocenters. The van der Waals surface area contributed by atoms with E-state index < -0.39 is 17.4 Å². The van der Waals surface area contributed by atoms with Crippen molar-refractivity contribution in [3.8, 4) is 0 Å². The number of unbranched alkanes of at least 4 members (excludes halogenated alkanes) is 5. The van der Waals surface area contributed by atoms with E-state index in [4.69, 9.17) is 14.6 Å². The van der Waals surface area contributed by atoms with Crippen molar-refractivity contribution in [2.24, 2.45) is 5.41 Å². The van der Waals surface area contributed by atoms with E-state index in [9.17, 15) is 14.7 Å². The van der Waals surface area contributed by atoms with E-state index in [1.165, 1.54) is 0 Å². The molecule has 2 rings (SSSR count). The number of hydrogen-bond donors (Lipinski definition) is 2. The van der Waals surface area contributed by atoms with Crippen molar-refractivity contribution < 1.29 is 29.3 Å². The van der Waals surface area contributed by atoms with Gasteiger partial charge in [-0.1, -0.05) is 65.2 Å². The van der Waals surface area contributed by atoms with Crippen LogP contribution in [0.3, 0.4) is 0 Å². The lowest BCUT2D eigenvalue weighted by Gasteiger charge is -2.29. The van der Waals surface area contributed by atoms with E-state index in [0.29, 0.717) is 24.4 Å². The maximum Gasteiger partial charge on any atom is 0.309 e. The molecule has 6 nitrogen and oxygen atoms in total. The van der Waals surface area contributed by atoms with Gasteiger partial charge in [0, 0.05) is 6.42 Å². The van der Waals surface area contributed by atoms with E-state index in [2.05, 4.69) is 13.8 Å². The van der Waals surface area contributed by atoms with Gasteiger partial charge in [0.1, 0.15) is 0 Å². The van der Waals surface area contributed by atoms with Crippen molar-refractivity contribution in [1.29, 1.82) is 0 Å². The molecule has 6 heteroatoms. The zero-order valence-electron chi connectivity index (χ0n) is 20.4. The second kappa shape index (κ2) is 14.2. The Kier molecular flexibility index (Phi) is 12.0.